The smallest absolute Gasteiger partial charge is 0.251 e. The van der Waals surface area contributed by atoms with Crippen LogP contribution >= 0.6 is 0 Å². The third-order valence-corrected chi connectivity index (χ3v) is 4.11. The first-order valence-corrected chi connectivity index (χ1v) is 8.48. The second-order valence-corrected chi connectivity index (χ2v) is 6.36. The maximum atomic E-state index is 12.0. The van der Waals surface area contributed by atoms with Gasteiger partial charge in [0.05, 0.1) is 0 Å². The molecule has 0 spiro atoms. The van der Waals surface area contributed by atoms with Crippen LogP contribution < -0.4 is 10.2 Å². The van der Waals surface area contributed by atoms with Gasteiger partial charge in [-0.15, -0.1) is 0 Å². The van der Waals surface area contributed by atoms with E-state index in [9.17, 15) is 4.79 Å². The van der Waals surface area contributed by atoms with Gasteiger partial charge in [-0.2, -0.15) is 0 Å². The molecule has 0 unspecified atom stereocenters. The topological polar surface area (TPSA) is 35.6 Å². The first-order valence-electron chi connectivity index (χ1n) is 8.48. The lowest BCUT2D eigenvalue weighted by atomic mass is 10.1. The highest BCUT2D eigenvalue weighted by Gasteiger charge is 2.17. The molecule has 122 valence electrons. The van der Waals surface area contributed by atoms with Crippen LogP contribution in [0.1, 0.15) is 44.0 Å². The van der Waals surface area contributed by atoms with Gasteiger partial charge in [-0.3, -0.25) is 9.69 Å². The minimum atomic E-state index is 0.00550. The van der Waals surface area contributed by atoms with Gasteiger partial charge in [-0.05, 0) is 51.1 Å². The number of piperazine rings is 1. The molecule has 1 amide bonds. The lowest BCUT2D eigenvalue weighted by molar-refractivity contribution is 0.0943. The minimum Gasteiger partial charge on any atom is -0.369 e. The van der Waals surface area contributed by atoms with Crippen LogP contribution in [0.25, 0.3) is 0 Å². The lowest BCUT2D eigenvalue weighted by Gasteiger charge is -2.36. The van der Waals surface area contributed by atoms with Crippen molar-refractivity contribution < 1.29 is 4.79 Å². The molecule has 2 rings (SSSR count). The predicted molar refractivity (Wildman–Crippen MR) is 92.6 cm³/mol. The van der Waals surface area contributed by atoms with Crippen molar-refractivity contribution in [3.05, 3.63) is 29.8 Å². The van der Waals surface area contributed by atoms with E-state index in [4.69, 9.17) is 0 Å². The van der Waals surface area contributed by atoms with Crippen LogP contribution in [-0.2, 0) is 0 Å². The van der Waals surface area contributed by atoms with Crippen molar-refractivity contribution in [3.63, 3.8) is 0 Å². The molecule has 0 bridgehead atoms. The Labute approximate surface area is 134 Å². The van der Waals surface area contributed by atoms with Crippen LogP contribution in [0.2, 0.25) is 0 Å². The highest BCUT2D eigenvalue weighted by atomic mass is 16.1. The number of hydrogen-bond donors (Lipinski definition) is 1. The van der Waals surface area contributed by atoms with E-state index in [1.54, 1.807) is 0 Å². The van der Waals surface area contributed by atoms with E-state index in [-0.39, 0.29) is 11.9 Å². The molecule has 0 aliphatic carbocycles. The average Bonchev–Trinajstić information content (AvgIpc) is 2.53. The van der Waals surface area contributed by atoms with E-state index >= 15 is 0 Å². The standard InChI is InChI=1S/C18H29N3O/c1-4-5-10-20-11-13-21(14-12-20)17-8-6-16(7-9-17)18(22)19-15(2)3/h6-9,15H,4-5,10-14H2,1-3H3,(H,19,22). The molecule has 1 aliphatic heterocycles. The van der Waals surface area contributed by atoms with Gasteiger partial charge in [-0.1, -0.05) is 13.3 Å². The summed E-state index contributed by atoms with van der Waals surface area (Å²) >= 11 is 0. The first kappa shape index (κ1) is 16.8. The van der Waals surface area contributed by atoms with Crippen molar-refractivity contribution in [2.75, 3.05) is 37.6 Å². The summed E-state index contributed by atoms with van der Waals surface area (Å²) in [7, 11) is 0. The van der Waals surface area contributed by atoms with Crippen molar-refractivity contribution in [2.45, 2.75) is 39.7 Å². The third-order valence-electron chi connectivity index (χ3n) is 4.11. The fraction of sp³-hybridized carbons (Fsp3) is 0.611. The Balaban J connectivity index is 1.88. The highest BCUT2D eigenvalue weighted by molar-refractivity contribution is 5.94. The summed E-state index contributed by atoms with van der Waals surface area (Å²) in [5.74, 6) is 0.00550. The van der Waals surface area contributed by atoms with Gasteiger partial charge < -0.3 is 10.2 Å². The maximum absolute atomic E-state index is 12.0. The van der Waals surface area contributed by atoms with Crippen LogP contribution in [-0.4, -0.2) is 49.6 Å². The van der Waals surface area contributed by atoms with E-state index in [0.717, 1.165) is 31.7 Å². The fourth-order valence-electron chi connectivity index (χ4n) is 2.78. The normalized spacial score (nSPS) is 16.1. The summed E-state index contributed by atoms with van der Waals surface area (Å²) in [6.45, 7) is 11.8. The summed E-state index contributed by atoms with van der Waals surface area (Å²) in [5.41, 5.74) is 1.95. The second kappa shape index (κ2) is 8.18. The number of amides is 1. The SMILES string of the molecule is CCCCN1CCN(c2ccc(C(=O)NC(C)C)cc2)CC1. The lowest BCUT2D eigenvalue weighted by Crippen LogP contribution is -2.46. The first-order chi connectivity index (χ1) is 10.6. The van der Waals surface area contributed by atoms with Gasteiger partial charge in [0.25, 0.3) is 5.91 Å². The van der Waals surface area contributed by atoms with E-state index in [1.807, 2.05) is 26.0 Å². The van der Waals surface area contributed by atoms with Gasteiger partial charge in [-0.25, -0.2) is 0 Å². The van der Waals surface area contributed by atoms with Gasteiger partial charge in [0.15, 0.2) is 0 Å². The van der Waals surface area contributed by atoms with E-state index in [1.165, 1.54) is 25.1 Å². The van der Waals surface area contributed by atoms with Crippen LogP contribution in [0, 0.1) is 0 Å². The predicted octanol–water partition coefficient (Wildman–Crippen LogP) is 2.75. The molecule has 0 aromatic heterocycles. The van der Waals surface area contributed by atoms with Gasteiger partial charge in [0, 0.05) is 43.5 Å². The monoisotopic (exact) mass is 303 g/mol. The van der Waals surface area contributed by atoms with Gasteiger partial charge in [0.1, 0.15) is 0 Å². The zero-order valence-electron chi connectivity index (χ0n) is 14.1. The summed E-state index contributed by atoms with van der Waals surface area (Å²) in [5, 5.41) is 2.92. The van der Waals surface area contributed by atoms with E-state index < -0.39 is 0 Å². The van der Waals surface area contributed by atoms with Gasteiger partial charge in [0.2, 0.25) is 0 Å². The number of carbonyl (C=O) groups is 1. The average molecular weight is 303 g/mol. The molecule has 0 saturated carbocycles. The minimum absolute atomic E-state index is 0.00550. The van der Waals surface area contributed by atoms with Crippen LogP contribution in [0.4, 0.5) is 5.69 Å². The Morgan fingerprint density at radius 1 is 1.14 bits per heavy atom. The summed E-state index contributed by atoms with van der Waals surface area (Å²) in [4.78, 5) is 16.9. The molecule has 1 N–H and O–H groups in total. The fourth-order valence-corrected chi connectivity index (χ4v) is 2.78. The molecule has 0 atom stereocenters. The Kier molecular flexibility index (Phi) is 6.25. The molecule has 4 heteroatoms. The molecule has 1 aromatic rings. The van der Waals surface area contributed by atoms with Crippen molar-refractivity contribution in [1.82, 2.24) is 10.2 Å². The Bertz CT molecular complexity index is 462. The number of unbranched alkanes of at least 4 members (excludes halogenated alkanes) is 1. The molecule has 1 aromatic carbocycles. The number of nitrogens with zero attached hydrogens (tertiary/aromatic N) is 2. The Morgan fingerprint density at radius 3 is 2.32 bits per heavy atom. The van der Waals surface area contributed by atoms with Gasteiger partial charge >= 0.3 is 0 Å². The summed E-state index contributed by atoms with van der Waals surface area (Å²) < 4.78 is 0. The number of anilines is 1. The van der Waals surface area contributed by atoms with Crippen molar-refractivity contribution >= 4 is 11.6 Å². The Morgan fingerprint density at radius 2 is 1.77 bits per heavy atom. The molecule has 4 nitrogen and oxygen atoms in total. The number of hydrogen-bond acceptors (Lipinski definition) is 3. The van der Waals surface area contributed by atoms with Crippen molar-refractivity contribution in [1.29, 1.82) is 0 Å². The molecule has 22 heavy (non-hydrogen) atoms. The van der Waals surface area contributed by atoms with Crippen LogP contribution in [0.5, 0.6) is 0 Å². The van der Waals surface area contributed by atoms with Crippen LogP contribution in [0.3, 0.4) is 0 Å². The number of rotatable bonds is 6. The molecule has 0 radical (unpaired) electrons. The van der Waals surface area contributed by atoms with E-state index in [0.29, 0.717) is 0 Å². The number of carbonyl (C=O) groups excluding carboxylic acids is 1. The molecule has 1 saturated heterocycles. The molecule has 1 heterocycles. The number of benzene rings is 1. The number of nitrogens with one attached hydrogen (secondary N) is 1. The molecule has 1 fully saturated rings. The second-order valence-electron chi connectivity index (χ2n) is 6.36. The Hall–Kier alpha value is -1.55. The highest BCUT2D eigenvalue weighted by Crippen LogP contribution is 2.17. The third kappa shape index (κ3) is 4.73. The quantitative estimate of drug-likeness (QED) is 0.878. The maximum Gasteiger partial charge on any atom is 0.251 e. The van der Waals surface area contributed by atoms with Crippen molar-refractivity contribution in [2.24, 2.45) is 0 Å². The molecular formula is C18H29N3O. The molecular weight excluding hydrogens is 274 g/mol. The zero-order valence-corrected chi connectivity index (χ0v) is 14.1. The summed E-state index contributed by atoms with van der Waals surface area (Å²) in [6.07, 6.45) is 2.56. The van der Waals surface area contributed by atoms with Crippen molar-refractivity contribution in [3.8, 4) is 0 Å². The molecule has 1 aliphatic rings. The summed E-state index contributed by atoms with van der Waals surface area (Å²) in [6, 6.07) is 8.16. The van der Waals surface area contributed by atoms with E-state index in [2.05, 4.69) is 34.2 Å². The zero-order chi connectivity index (χ0) is 15.9. The largest absolute Gasteiger partial charge is 0.369 e. The van der Waals surface area contributed by atoms with Crippen LogP contribution in [0.15, 0.2) is 24.3 Å².